The van der Waals surface area contributed by atoms with Crippen LogP contribution < -0.4 is 14.8 Å². The largest absolute Gasteiger partial charge is 0.495 e. The lowest BCUT2D eigenvalue weighted by Gasteiger charge is -2.12. The van der Waals surface area contributed by atoms with E-state index in [4.69, 9.17) is 21.1 Å². The monoisotopic (exact) mass is 391 g/mol. The molecule has 0 spiro atoms. The number of carbonyl (C=O) groups excluding carboxylic acids is 1. The van der Waals surface area contributed by atoms with Gasteiger partial charge < -0.3 is 19.8 Å². The van der Waals surface area contributed by atoms with Gasteiger partial charge in [-0.1, -0.05) is 29.4 Å². The lowest BCUT2D eigenvalue weighted by Crippen LogP contribution is -2.15. The first-order chi connectivity index (χ1) is 12.5. The van der Waals surface area contributed by atoms with E-state index in [0.717, 1.165) is 16.6 Å². The maximum absolute atomic E-state index is 12.3. The van der Waals surface area contributed by atoms with Crippen molar-refractivity contribution in [3.05, 3.63) is 40.9 Å². The molecule has 0 fully saturated rings. The Labute approximate surface area is 160 Å². The molecular formula is C18H18ClN3O3S. The number of nitrogens with zero attached hydrogens (tertiary/aromatic N) is 1. The number of carbonyl (C=O) groups is 1. The van der Waals surface area contributed by atoms with Crippen LogP contribution in [0, 0.1) is 6.92 Å². The number of rotatable bonds is 6. The molecule has 0 saturated carbocycles. The summed E-state index contributed by atoms with van der Waals surface area (Å²) in [5.74, 6) is 0.943. The van der Waals surface area contributed by atoms with Crippen molar-refractivity contribution in [3.8, 4) is 11.5 Å². The van der Waals surface area contributed by atoms with E-state index >= 15 is 0 Å². The van der Waals surface area contributed by atoms with Crippen molar-refractivity contribution in [1.82, 2.24) is 9.97 Å². The minimum atomic E-state index is -0.186. The molecule has 6 nitrogen and oxygen atoms in total. The smallest absolute Gasteiger partial charge is 0.234 e. The molecule has 3 aromatic rings. The molecule has 0 bridgehead atoms. The molecule has 8 heteroatoms. The molecule has 2 aromatic carbocycles. The van der Waals surface area contributed by atoms with Gasteiger partial charge in [-0.05, 0) is 24.6 Å². The van der Waals surface area contributed by atoms with Gasteiger partial charge in [0.25, 0.3) is 0 Å². The number of thioether (sulfide) groups is 1. The molecule has 0 aliphatic heterocycles. The van der Waals surface area contributed by atoms with Crippen LogP contribution in [0.25, 0.3) is 11.0 Å². The van der Waals surface area contributed by atoms with E-state index in [-0.39, 0.29) is 11.7 Å². The lowest BCUT2D eigenvalue weighted by atomic mass is 10.2. The molecule has 0 aliphatic rings. The van der Waals surface area contributed by atoms with Crippen molar-refractivity contribution < 1.29 is 14.3 Å². The van der Waals surface area contributed by atoms with Gasteiger partial charge in [-0.15, -0.1) is 0 Å². The van der Waals surface area contributed by atoms with Gasteiger partial charge >= 0.3 is 0 Å². The van der Waals surface area contributed by atoms with E-state index < -0.39 is 0 Å². The summed E-state index contributed by atoms with van der Waals surface area (Å²) in [6.07, 6.45) is 0. The average Bonchev–Trinajstić information content (AvgIpc) is 3.03. The highest BCUT2D eigenvalue weighted by molar-refractivity contribution is 7.99. The molecule has 0 atom stereocenters. The number of amides is 1. The maximum atomic E-state index is 12.3. The minimum Gasteiger partial charge on any atom is -0.495 e. The van der Waals surface area contributed by atoms with Crippen LogP contribution in [0.1, 0.15) is 5.56 Å². The highest BCUT2D eigenvalue weighted by atomic mass is 35.5. The Kier molecular flexibility index (Phi) is 5.58. The van der Waals surface area contributed by atoms with Crippen molar-refractivity contribution in [2.24, 2.45) is 0 Å². The molecule has 0 saturated heterocycles. The third kappa shape index (κ3) is 4.05. The lowest BCUT2D eigenvalue weighted by molar-refractivity contribution is -0.113. The number of ether oxygens (including phenoxy) is 2. The Balaban J connectivity index is 1.68. The predicted molar refractivity (Wildman–Crippen MR) is 105 cm³/mol. The van der Waals surface area contributed by atoms with Crippen LogP contribution in [0.15, 0.2) is 35.5 Å². The fourth-order valence-electron chi connectivity index (χ4n) is 2.45. The molecule has 26 heavy (non-hydrogen) atoms. The zero-order valence-electron chi connectivity index (χ0n) is 14.6. The summed E-state index contributed by atoms with van der Waals surface area (Å²) in [5.41, 5.74) is 3.48. The van der Waals surface area contributed by atoms with Gasteiger partial charge in [-0.2, -0.15) is 0 Å². The summed E-state index contributed by atoms with van der Waals surface area (Å²) in [5, 5.41) is 3.92. The Morgan fingerprint density at radius 1 is 1.23 bits per heavy atom. The number of H-pyrrole nitrogens is 1. The second-order valence-electron chi connectivity index (χ2n) is 5.59. The highest BCUT2D eigenvalue weighted by Crippen LogP contribution is 2.36. The van der Waals surface area contributed by atoms with E-state index in [2.05, 4.69) is 15.3 Å². The molecule has 1 heterocycles. The quantitative estimate of drug-likeness (QED) is 0.613. The number of benzene rings is 2. The first-order valence-electron chi connectivity index (χ1n) is 7.80. The number of fused-ring (bicyclic) bond motifs is 1. The van der Waals surface area contributed by atoms with Gasteiger partial charge in [0, 0.05) is 12.1 Å². The zero-order chi connectivity index (χ0) is 18.7. The van der Waals surface area contributed by atoms with Crippen molar-refractivity contribution in [2.75, 3.05) is 25.3 Å². The van der Waals surface area contributed by atoms with E-state index in [1.807, 2.05) is 25.1 Å². The normalized spacial score (nSPS) is 10.8. The molecule has 2 N–H and O–H groups in total. The van der Waals surface area contributed by atoms with Crippen LogP contribution in [0.5, 0.6) is 11.5 Å². The molecule has 0 radical (unpaired) electrons. The number of imidazole rings is 1. The van der Waals surface area contributed by atoms with E-state index in [1.165, 1.54) is 26.0 Å². The van der Waals surface area contributed by atoms with Gasteiger partial charge in [0.1, 0.15) is 11.5 Å². The minimum absolute atomic E-state index is 0.186. The Morgan fingerprint density at radius 3 is 2.73 bits per heavy atom. The topological polar surface area (TPSA) is 76.2 Å². The van der Waals surface area contributed by atoms with E-state index in [0.29, 0.717) is 27.4 Å². The standard InChI is InChI=1S/C18H18ClN3O3S/c1-10-4-5-12-13(6-10)22-18(21-12)26-9-17(23)20-14-8-15(24-2)11(19)7-16(14)25-3/h4-8H,9H2,1-3H3,(H,20,23)(H,21,22). The number of hydrogen-bond acceptors (Lipinski definition) is 5. The number of aryl methyl sites for hydroxylation is 1. The Hall–Kier alpha value is -2.38. The van der Waals surface area contributed by atoms with Crippen molar-refractivity contribution in [2.45, 2.75) is 12.1 Å². The summed E-state index contributed by atoms with van der Waals surface area (Å²) in [7, 11) is 3.03. The van der Waals surface area contributed by atoms with Gasteiger partial charge in [0.2, 0.25) is 5.91 Å². The van der Waals surface area contributed by atoms with Crippen LogP contribution >= 0.6 is 23.4 Å². The van der Waals surface area contributed by atoms with E-state index in [9.17, 15) is 4.79 Å². The molecule has 0 aliphatic carbocycles. The summed E-state index contributed by atoms with van der Waals surface area (Å²) in [6.45, 7) is 2.02. The number of anilines is 1. The molecule has 136 valence electrons. The number of halogens is 1. The van der Waals surface area contributed by atoms with Gasteiger partial charge in [0.15, 0.2) is 5.16 Å². The van der Waals surface area contributed by atoms with Crippen molar-refractivity contribution in [1.29, 1.82) is 0 Å². The number of nitrogens with one attached hydrogen (secondary N) is 2. The Morgan fingerprint density at radius 2 is 2.00 bits per heavy atom. The molecule has 1 aromatic heterocycles. The summed E-state index contributed by atoms with van der Waals surface area (Å²) in [4.78, 5) is 20.0. The van der Waals surface area contributed by atoms with Crippen LogP contribution in [0.3, 0.4) is 0 Å². The molecular weight excluding hydrogens is 374 g/mol. The molecule has 3 rings (SSSR count). The first-order valence-corrected chi connectivity index (χ1v) is 9.17. The second-order valence-corrected chi connectivity index (χ2v) is 6.96. The van der Waals surface area contributed by atoms with Gasteiger partial charge in [-0.3, -0.25) is 4.79 Å². The van der Waals surface area contributed by atoms with Crippen LogP contribution in [0.2, 0.25) is 5.02 Å². The van der Waals surface area contributed by atoms with Gasteiger partial charge in [-0.25, -0.2) is 4.98 Å². The summed E-state index contributed by atoms with van der Waals surface area (Å²) >= 11 is 7.40. The maximum Gasteiger partial charge on any atom is 0.234 e. The Bertz CT molecular complexity index is 958. The van der Waals surface area contributed by atoms with Gasteiger partial charge in [0.05, 0.1) is 41.7 Å². The van der Waals surface area contributed by atoms with Crippen molar-refractivity contribution in [3.63, 3.8) is 0 Å². The summed E-state index contributed by atoms with van der Waals surface area (Å²) < 4.78 is 10.4. The van der Waals surface area contributed by atoms with Crippen molar-refractivity contribution >= 4 is 46.0 Å². The number of aromatic amines is 1. The number of hydrogen-bond donors (Lipinski definition) is 2. The third-order valence-electron chi connectivity index (χ3n) is 3.70. The van der Waals surface area contributed by atoms with Crippen LogP contribution in [-0.2, 0) is 4.79 Å². The second kappa shape index (κ2) is 7.88. The number of aromatic nitrogens is 2. The first kappa shape index (κ1) is 18.4. The zero-order valence-corrected chi connectivity index (χ0v) is 16.1. The fourth-order valence-corrected chi connectivity index (χ4v) is 3.36. The number of methoxy groups -OCH3 is 2. The third-order valence-corrected chi connectivity index (χ3v) is 4.87. The van der Waals surface area contributed by atoms with E-state index in [1.54, 1.807) is 12.1 Å². The van der Waals surface area contributed by atoms with Crippen LogP contribution in [-0.4, -0.2) is 35.8 Å². The highest BCUT2D eigenvalue weighted by Gasteiger charge is 2.13. The average molecular weight is 392 g/mol. The molecule has 1 amide bonds. The van der Waals surface area contributed by atoms with Crippen LogP contribution in [0.4, 0.5) is 5.69 Å². The SMILES string of the molecule is COc1cc(NC(=O)CSc2nc3ccc(C)cc3[nH]2)c(OC)cc1Cl. The summed E-state index contributed by atoms with van der Waals surface area (Å²) in [6, 6.07) is 9.22. The predicted octanol–water partition coefficient (Wildman–Crippen LogP) is 4.27. The molecule has 0 unspecified atom stereocenters. The fraction of sp³-hybridized carbons (Fsp3) is 0.222.